The van der Waals surface area contributed by atoms with Crippen LogP contribution in [0.25, 0.3) is 0 Å². The van der Waals surface area contributed by atoms with Gasteiger partial charge in [0.15, 0.2) is 8.38 Å². The Bertz CT molecular complexity index is 241. The van der Waals surface area contributed by atoms with E-state index in [4.69, 9.17) is 13.6 Å². The van der Waals surface area contributed by atoms with Crippen LogP contribution in [0.2, 0.25) is 0 Å². The summed E-state index contributed by atoms with van der Waals surface area (Å²) < 4.78 is 28.7. The molecule has 1 aliphatic heterocycles. The Labute approximate surface area is 86.7 Å². The molecule has 0 aromatic carbocycles. The summed E-state index contributed by atoms with van der Waals surface area (Å²) in [6.07, 6.45) is 0. The third-order valence-electron chi connectivity index (χ3n) is 2.06. The van der Waals surface area contributed by atoms with Crippen LogP contribution < -0.4 is 0 Å². The summed E-state index contributed by atoms with van der Waals surface area (Å²) in [5, 5.41) is -0.691. The van der Waals surface area contributed by atoms with E-state index in [1.54, 1.807) is 0 Å². The highest BCUT2D eigenvalue weighted by molar-refractivity contribution is 7.75. The van der Waals surface area contributed by atoms with Crippen molar-refractivity contribution in [2.24, 2.45) is 0 Å². The van der Waals surface area contributed by atoms with Gasteiger partial charge in [0.05, 0.1) is 19.1 Å². The summed E-state index contributed by atoms with van der Waals surface area (Å²) in [5.74, 6) is 0.428. The summed E-state index contributed by atoms with van der Waals surface area (Å²) in [5.41, 5.74) is 0. The van der Waals surface area contributed by atoms with E-state index in [2.05, 4.69) is 0 Å². The number of hydrogen-bond donors (Lipinski definition) is 0. The van der Waals surface area contributed by atoms with Crippen molar-refractivity contribution >= 4 is 15.7 Å². The van der Waals surface area contributed by atoms with Gasteiger partial charge in [-0.25, -0.2) is 0 Å². The van der Waals surface area contributed by atoms with Crippen molar-refractivity contribution < 1.29 is 18.1 Å². The molecule has 1 rings (SSSR count). The smallest absolute Gasteiger partial charge is 0.242 e. The number of rotatable bonds is 4. The standard InChI is InChI=1S/C8H18O4P2/c1-5-10-13-7-14(9,11-6-2)8(3,4)12-13/h5-7H2,1-4H3. The van der Waals surface area contributed by atoms with Crippen molar-refractivity contribution in [1.29, 1.82) is 0 Å². The van der Waals surface area contributed by atoms with Gasteiger partial charge in [-0.15, -0.1) is 0 Å². The molecule has 0 aromatic heterocycles. The van der Waals surface area contributed by atoms with E-state index in [0.29, 0.717) is 19.1 Å². The Hall–Kier alpha value is 0.540. The van der Waals surface area contributed by atoms with Crippen molar-refractivity contribution in [3.8, 4) is 0 Å². The van der Waals surface area contributed by atoms with E-state index in [-0.39, 0.29) is 0 Å². The lowest BCUT2D eigenvalue weighted by Gasteiger charge is -2.24. The highest BCUT2D eigenvalue weighted by Crippen LogP contribution is 2.75. The van der Waals surface area contributed by atoms with Crippen LogP contribution in [0.3, 0.4) is 0 Å². The highest BCUT2D eigenvalue weighted by atomic mass is 31.2. The fraction of sp³-hybridized carbons (Fsp3) is 1.00. The zero-order valence-electron chi connectivity index (χ0n) is 9.15. The maximum absolute atomic E-state index is 12.3. The fourth-order valence-electron chi connectivity index (χ4n) is 1.28. The lowest BCUT2D eigenvalue weighted by molar-refractivity contribution is 0.167. The molecule has 0 bridgehead atoms. The van der Waals surface area contributed by atoms with Crippen LogP contribution in [0.15, 0.2) is 0 Å². The third kappa shape index (κ3) is 2.37. The average Bonchev–Trinajstić information content (AvgIpc) is 2.23. The van der Waals surface area contributed by atoms with E-state index >= 15 is 0 Å². The second-order valence-corrected chi connectivity index (χ2v) is 8.44. The van der Waals surface area contributed by atoms with E-state index in [1.807, 2.05) is 27.7 Å². The second kappa shape index (κ2) is 4.59. The van der Waals surface area contributed by atoms with Gasteiger partial charge in [-0.05, 0) is 27.7 Å². The van der Waals surface area contributed by atoms with Crippen LogP contribution >= 0.6 is 15.7 Å². The maximum atomic E-state index is 12.3. The molecule has 1 heterocycles. The molecule has 0 aliphatic carbocycles. The predicted molar refractivity (Wildman–Crippen MR) is 57.8 cm³/mol. The minimum Gasteiger partial charge on any atom is -0.334 e. The first-order valence-corrected chi connectivity index (χ1v) is 7.95. The summed E-state index contributed by atoms with van der Waals surface area (Å²) in [4.78, 5) is 0. The van der Waals surface area contributed by atoms with Crippen molar-refractivity contribution in [2.75, 3.05) is 19.1 Å². The summed E-state index contributed by atoms with van der Waals surface area (Å²) in [7, 11) is -3.70. The molecule has 84 valence electrons. The molecule has 1 fully saturated rings. The lowest BCUT2D eigenvalue weighted by atomic mass is 10.5. The van der Waals surface area contributed by atoms with E-state index in [1.165, 1.54) is 0 Å². The SMILES string of the molecule is CCOP1CP(=O)(OCC)C(C)(C)O1. The average molecular weight is 240 g/mol. The van der Waals surface area contributed by atoms with Gasteiger partial charge in [-0.3, -0.25) is 4.57 Å². The Kier molecular flexibility index (Phi) is 4.13. The molecule has 1 saturated heterocycles. The van der Waals surface area contributed by atoms with Crippen LogP contribution in [-0.2, 0) is 18.1 Å². The van der Waals surface area contributed by atoms with Gasteiger partial charge in [0.1, 0.15) is 5.34 Å². The van der Waals surface area contributed by atoms with Crippen molar-refractivity contribution in [2.45, 2.75) is 33.0 Å². The largest absolute Gasteiger partial charge is 0.334 e. The Morgan fingerprint density at radius 3 is 2.57 bits per heavy atom. The van der Waals surface area contributed by atoms with Gasteiger partial charge in [-0.2, -0.15) is 0 Å². The normalized spacial score (nSPS) is 36.1. The highest BCUT2D eigenvalue weighted by Gasteiger charge is 2.53. The van der Waals surface area contributed by atoms with E-state index in [9.17, 15) is 4.57 Å². The quantitative estimate of drug-likeness (QED) is 0.706. The molecule has 0 N–H and O–H groups in total. The minimum atomic E-state index is -2.68. The van der Waals surface area contributed by atoms with Gasteiger partial charge in [0.2, 0.25) is 7.37 Å². The first kappa shape index (κ1) is 12.6. The molecular formula is C8H18O4P2. The van der Waals surface area contributed by atoms with Gasteiger partial charge < -0.3 is 13.6 Å². The molecule has 0 saturated carbocycles. The molecule has 0 aromatic rings. The zero-order valence-corrected chi connectivity index (χ0v) is 10.9. The Morgan fingerprint density at radius 2 is 2.07 bits per heavy atom. The molecule has 4 nitrogen and oxygen atoms in total. The molecular weight excluding hydrogens is 222 g/mol. The van der Waals surface area contributed by atoms with E-state index < -0.39 is 21.1 Å². The van der Waals surface area contributed by atoms with Gasteiger partial charge in [0, 0.05) is 0 Å². The molecule has 14 heavy (non-hydrogen) atoms. The number of hydrogen-bond acceptors (Lipinski definition) is 4. The molecule has 2 unspecified atom stereocenters. The van der Waals surface area contributed by atoms with Gasteiger partial charge >= 0.3 is 0 Å². The first-order valence-electron chi connectivity index (χ1n) is 4.78. The van der Waals surface area contributed by atoms with Crippen molar-refractivity contribution in [3.63, 3.8) is 0 Å². The monoisotopic (exact) mass is 240 g/mol. The van der Waals surface area contributed by atoms with Crippen molar-refractivity contribution in [3.05, 3.63) is 0 Å². The van der Waals surface area contributed by atoms with Crippen LogP contribution in [0.1, 0.15) is 27.7 Å². The summed E-state index contributed by atoms with van der Waals surface area (Å²) in [6.45, 7) is 8.42. The van der Waals surface area contributed by atoms with Crippen LogP contribution in [0.5, 0.6) is 0 Å². The van der Waals surface area contributed by atoms with Gasteiger partial charge in [-0.1, -0.05) is 0 Å². The third-order valence-corrected chi connectivity index (χ3v) is 8.23. The van der Waals surface area contributed by atoms with Crippen LogP contribution in [0.4, 0.5) is 0 Å². The maximum Gasteiger partial charge on any atom is 0.242 e. The Balaban J connectivity index is 2.73. The summed E-state index contributed by atoms with van der Waals surface area (Å²) >= 11 is 0. The molecule has 1 aliphatic rings. The molecule has 6 heteroatoms. The van der Waals surface area contributed by atoms with E-state index in [0.717, 1.165) is 0 Å². The molecule has 0 radical (unpaired) electrons. The minimum absolute atomic E-state index is 0.428. The zero-order chi connectivity index (χ0) is 10.8. The topological polar surface area (TPSA) is 44.8 Å². The van der Waals surface area contributed by atoms with Crippen LogP contribution in [0, 0.1) is 0 Å². The molecule has 0 amide bonds. The second-order valence-electron chi connectivity index (χ2n) is 3.52. The Morgan fingerprint density at radius 1 is 1.43 bits per heavy atom. The summed E-state index contributed by atoms with van der Waals surface area (Å²) in [6, 6.07) is 0. The molecule has 2 atom stereocenters. The first-order chi connectivity index (χ1) is 6.45. The van der Waals surface area contributed by atoms with Gasteiger partial charge in [0.25, 0.3) is 0 Å². The molecule has 0 spiro atoms. The fourth-order valence-corrected chi connectivity index (χ4v) is 7.08. The predicted octanol–water partition coefficient (Wildman–Crippen LogP) is 3.37. The van der Waals surface area contributed by atoms with Crippen LogP contribution in [-0.4, -0.2) is 24.5 Å². The van der Waals surface area contributed by atoms with Crippen molar-refractivity contribution in [1.82, 2.24) is 0 Å². The lowest BCUT2D eigenvalue weighted by Crippen LogP contribution is -2.18.